The average Bonchev–Trinajstić information content (AvgIpc) is 3.58. The highest BCUT2D eigenvalue weighted by atomic mass is 35.5. The van der Waals surface area contributed by atoms with Gasteiger partial charge in [0, 0.05) is 49.9 Å². The number of imidazole rings is 1. The van der Waals surface area contributed by atoms with Gasteiger partial charge >= 0.3 is 0 Å². The van der Waals surface area contributed by atoms with Crippen molar-refractivity contribution >= 4 is 22.6 Å². The molecule has 0 radical (unpaired) electrons. The Morgan fingerprint density at radius 1 is 1.14 bits per heavy atom. The first-order chi connectivity index (χ1) is 17.4. The van der Waals surface area contributed by atoms with Gasteiger partial charge in [-0.1, -0.05) is 23.6 Å². The fourth-order valence-corrected chi connectivity index (χ4v) is 4.36. The van der Waals surface area contributed by atoms with Crippen LogP contribution in [-0.4, -0.2) is 59.0 Å². The molecule has 0 unspecified atom stereocenters. The summed E-state index contributed by atoms with van der Waals surface area (Å²) in [6.07, 6.45) is 5.76. The highest BCUT2D eigenvalue weighted by Crippen LogP contribution is 2.26. The summed E-state index contributed by atoms with van der Waals surface area (Å²) in [4.78, 5) is 13.1. The molecule has 2 aromatic carbocycles. The molecular weight excluding hydrogens is 470 g/mol. The molecule has 6 N–H and O–H groups in total. The number of nitrogens with one attached hydrogen (secondary N) is 2. The van der Waals surface area contributed by atoms with Crippen molar-refractivity contribution in [2.24, 2.45) is 11.5 Å². The van der Waals surface area contributed by atoms with Crippen LogP contribution in [0.5, 0.6) is 0 Å². The number of nitrogens with two attached hydrogens (primary N) is 2. The van der Waals surface area contributed by atoms with Crippen LogP contribution in [0.15, 0.2) is 60.1 Å². The number of halogens is 1. The van der Waals surface area contributed by atoms with E-state index in [-0.39, 0.29) is 0 Å². The van der Waals surface area contributed by atoms with Crippen molar-refractivity contribution in [2.75, 3.05) is 33.2 Å². The molecule has 0 atom stereocenters. The largest absolute Gasteiger partial charge is 0.392 e. The van der Waals surface area contributed by atoms with Crippen molar-refractivity contribution in [3.05, 3.63) is 76.2 Å². The van der Waals surface area contributed by atoms with E-state index < -0.39 is 0 Å². The van der Waals surface area contributed by atoms with Crippen LogP contribution in [0.2, 0.25) is 5.02 Å². The van der Waals surface area contributed by atoms with Gasteiger partial charge in [-0.15, -0.1) is 0 Å². The van der Waals surface area contributed by atoms with Gasteiger partial charge in [0.25, 0.3) is 0 Å². The second-order valence-electron chi connectivity index (χ2n) is 9.62. The topological polar surface area (TPSA) is 99.2 Å². The molecule has 8 heteroatoms. The van der Waals surface area contributed by atoms with E-state index in [2.05, 4.69) is 57.2 Å². The minimum atomic E-state index is 0.411. The van der Waals surface area contributed by atoms with Gasteiger partial charge in [0.05, 0.1) is 27.6 Å². The fourth-order valence-electron chi connectivity index (χ4n) is 4.20. The minimum absolute atomic E-state index is 0.411. The normalized spacial score (nSPS) is 17.7. The Bertz CT molecular complexity index is 1370. The number of nitrogens with zero attached hydrogens (tertiary/aromatic N) is 3. The van der Waals surface area contributed by atoms with E-state index in [9.17, 15) is 0 Å². The molecule has 2 fully saturated rings. The van der Waals surface area contributed by atoms with Gasteiger partial charge < -0.3 is 26.7 Å². The smallest absolute Gasteiger partial charge is 0.138 e. The molecule has 3 aromatic rings. The van der Waals surface area contributed by atoms with E-state index in [0.717, 1.165) is 68.0 Å². The van der Waals surface area contributed by atoms with Gasteiger partial charge in [0.15, 0.2) is 0 Å². The second-order valence-corrected chi connectivity index (χ2v) is 10.0. The quantitative estimate of drug-likeness (QED) is 0.305. The maximum atomic E-state index is 6.42. The number of rotatable bonds is 6. The van der Waals surface area contributed by atoms with Gasteiger partial charge in [-0.05, 0) is 73.9 Å². The van der Waals surface area contributed by atoms with E-state index in [1.165, 1.54) is 5.56 Å². The van der Waals surface area contributed by atoms with Gasteiger partial charge in [-0.25, -0.2) is 4.98 Å². The lowest BCUT2D eigenvalue weighted by Crippen LogP contribution is -2.43. The molecule has 36 heavy (non-hydrogen) atoms. The zero-order chi connectivity index (χ0) is 25.1. The number of hydrogen-bond acceptors (Lipinski definition) is 6. The molecule has 1 aliphatic heterocycles. The van der Waals surface area contributed by atoms with Gasteiger partial charge in [-0.3, -0.25) is 4.90 Å². The molecule has 0 bridgehead atoms. The van der Waals surface area contributed by atoms with Crippen LogP contribution in [-0.2, 0) is 6.54 Å². The number of benzene rings is 2. The summed E-state index contributed by atoms with van der Waals surface area (Å²) in [5.74, 6) is 7.41. The van der Waals surface area contributed by atoms with Crippen LogP contribution in [0, 0.1) is 11.8 Å². The summed E-state index contributed by atoms with van der Waals surface area (Å²) in [6.45, 7) is 5.37. The van der Waals surface area contributed by atoms with E-state index in [0.29, 0.717) is 28.1 Å². The minimum Gasteiger partial charge on any atom is -0.392 e. The third kappa shape index (κ3) is 6.21. The second kappa shape index (κ2) is 10.7. The summed E-state index contributed by atoms with van der Waals surface area (Å²) in [7, 11) is 2.18. The molecule has 0 amide bonds. The number of likely N-dealkylation sites (N-methyl/N-ethyl adjacent to an activating group) is 1. The zero-order valence-electron chi connectivity index (χ0n) is 20.5. The third-order valence-electron chi connectivity index (χ3n) is 6.52. The summed E-state index contributed by atoms with van der Waals surface area (Å²) in [5.41, 5.74) is 17.2. The van der Waals surface area contributed by atoms with Gasteiger partial charge in [0.1, 0.15) is 5.82 Å². The summed E-state index contributed by atoms with van der Waals surface area (Å²) < 4.78 is 0. The van der Waals surface area contributed by atoms with E-state index in [4.69, 9.17) is 28.1 Å². The van der Waals surface area contributed by atoms with Crippen molar-refractivity contribution in [1.29, 1.82) is 0 Å². The van der Waals surface area contributed by atoms with E-state index in [1.54, 1.807) is 12.2 Å². The maximum absolute atomic E-state index is 6.42. The molecular formula is C28H32ClN7. The molecule has 1 aliphatic carbocycles. The van der Waals surface area contributed by atoms with Crippen LogP contribution in [0.4, 0.5) is 0 Å². The van der Waals surface area contributed by atoms with Crippen LogP contribution in [0.25, 0.3) is 22.4 Å². The lowest BCUT2D eigenvalue weighted by Gasteiger charge is -2.32. The van der Waals surface area contributed by atoms with Gasteiger partial charge in [-0.2, -0.15) is 0 Å². The Morgan fingerprint density at radius 2 is 1.94 bits per heavy atom. The molecule has 0 spiro atoms. The molecule has 1 saturated carbocycles. The number of aromatic nitrogens is 2. The Hall–Kier alpha value is -3.44. The number of fused-ring (bicyclic) bond motifs is 1. The first-order valence-electron chi connectivity index (χ1n) is 12.3. The number of H-pyrrole nitrogens is 1. The lowest BCUT2D eigenvalue weighted by molar-refractivity contribution is 0.148. The predicted octanol–water partition coefficient (Wildman–Crippen LogP) is 3.38. The maximum Gasteiger partial charge on any atom is 0.138 e. The molecule has 2 aliphatic rings. The first kappa shape index (κ1) is 24.3. The monoisotopic (exact) mass is 501 g/mol. The van der Waals surface area contributed by atoms with Crippen molar-refractivity contribution < 1.29 is 0 Å². The third-order valence-corrected chi connectivity index (χ3v) is 6.85. The Balaban J connectivity index is 1.31. The van der Waals surface area contributed by atoms with Crippen molar-refractivity contribution in [2.45, 2.75) is 25.4 Å². The highest BCUT2D eigenvalue weighted by molar-refractivity contribution is 6.31. The van der Waals surface area contributed by atoms with Crippen LogP contribution >= 0.6 is 11.6 Å². The molecule has 2 heterocycles. The fraction of sp³-hybridized carbons (Fsp3) is 0.321. The molecule has 186 valence electrons. The summed E-state index contributed by atoms with van der Waals surface area (Å²) >= 11 is 6.42. The van der Waals surface area contributed by atoms with Gasteiger partial charge in [0.2, 0.25) is 0 Å². The van der Waals surface area contributed by atoms with E-state index >= 15 is 0 Å². The van der Waals surface area contributed by atoms with Crippen molar-refractivity contribution in [3.63, 3.8) is 0 Å². The molecule has 1 aromatic heterocycles. The van der Waals surface area contributed by atoms with E-state index in [1.807, 2.05) is 18.2 Å². The molecule has 5 rings (SSSR count). The summed E-state index contributed by atoms with van der Waals surface area (Å²) in [6, 6.07) is 12.7. The summed E-state index contributed by atoms with van der Waals surface area (Å²) in [5, 5.41) is 3.77. The Morgan fingerprint density at radius 3 is 2.72 bits per heavy atom. The number of aromatic amines is 1. The average molecular weight is 502 g/mol. The predicted molar refractivity (Wildman–Crippen MR) is 147 cm³/mol. The molecule has 7 nitrogen and oxygen atoms in total. The number of hydrogen-bond donors (Lipinski definition) is 4. The first-order valence-corrected chi connectivity index (χ1v) is 12.7. The number of allylic oxidation sites excluding steroid dienone is 3. The SMILES string of the molecule is CN1CCN(Cc2ccc3nc(-c4ccc(Cl)c(C#C/C(N)=C/C=C(\N)NC5CC5)c4)[nH]c3c2)CC1. The lowest BCUT2D eigenvalue weighted by atomic mass is 10.1. The standard InChI is InChI=1S/C28H32ClN7/c1-35-12-14-36(15-13-35)18-19-2-10-25-26(16-19)34-28(33-25)21-4-9-24(29)20(17-21)3-5-22(30)6-11-27(31)32-23-7-8-23/h2,4,6,9-11,16-17,23,32H,7-8,12-15,18,30-31H2,1H3,(H,33,34)/b22-6-,27-11+. The Labute approximate surface area is 217 Å². The van der Waals surface area contributed by atoms with Crippen molar-refractivity contribution in [1.82, 2.24) is 25.1 Å². The van der Waals surface area contributed by atoms with Crippen LogP contribution in [0.3, 0.4) is 0 Å². The molecule has 1 saturated heterocycles. The zero-order valence-corrected chi connectivity index (χ0v) is 21.3. The Kier molecular flexibility index (Phi) is 7.19. The van der Waals surface area contributed by atoms with Crippen LogP contribution < -0.4 is 16.8 Å². The van der Waals surface area contributed by atoms with Crippen molar-refractivity contribution in [3.8, 4) is 23.2 Å². The van der Waals surface area contributed by atoms with Crippen LogP contribution in [0.1, 0.15) is 24.0 Å². The number of piperazine rings is 1. The highest BCUT2D eigenvalue weighted by Gasteiger charge is 2.20.